The molecule has 1 fully saturated rings. The van der Waals surface area contributed by atoms with Gasteiger partial charge >= 0.3 is 10.2 Å². The second kappa shape index (κ2) is 6.94. The van der Waals surface area contributed by atoms with Gasteiger partial charge in [0.25, 0.3) is 0 Å². The van der Waals surface area contributed by atoms with E-state index < -0.39 is 10.2 Å². The van der Waals surface area contributed by atoms with Crippen LogP contribution >= 0.6 is 0 Å². The maximum absolute atomic E-state index is 12.2. The van der Waals surface area contributed by atoms with E-state index >= 15 is 0 Å². The molecule has 1 aromatic carbocycles. The van der Waals surface area contributed by atoms with Gasteiger partial charge in [0.1, 0.15) is 0 Å². The molecule has 1 aliphatic heterocycles. The van der Waals surface area contributed by atoms with Crippen LogP contribution in [0.3, 0.4) is 0 Å². The van der Waals surface area contributed by atoms with Crippen LogP contribution in [0.2, 0.25) is 0 Å². The van der Waals surface area contributed by atoms with Crippen molar-refractivity contribution in [3.8, 4) is 11.8 Å². The Labute approximate surface area is 126 Å². The number of benzene rings is 1. The van der Waals surface area contributed by atoms with Crippen molar-refractivity contribution in [3.63, 3.8) is 0 Å². The summed E-state index contributed by atoms with van der Waals surface area (Å²) in [5.41, 5.74) is 2.26. The Kier molecular flexibility index (Phi) is 5.23. The Bertz CT molecular complexity index is 653. The van der Waals surface area contributed by atoms with Crippen molar-refractivity contribution in [2.24, 2.45) is 0 Å². The molecule has 0 atom stereocenters. The summed E-state index contributed by atoms with van der Waals surface area (Å²) in [7, 11) is -3.47. The summed E-state index contributed by atoms with van der Waals surface area (Å²) in [6, 6.07) is 5.30. The number of aliphatic hydroxyl groups excluding tert-OH is 1. The molecule has 6 heteroatoms. The summed E-state index contributed by atoms with van der Waals surface area (Å²) in [6.45, 7) is 3.09. The van der Waals surface area contributed by atoms with Gasteiger partial charge in [-0.25, -0.2) is 0 Å². The molecule has 0 saturated carbocycles. The van der Waals surface area contributed by atoms with Crippen molar-refractivity contribution < 1.29 is 13.5 Å². The van der Waals surface area contributed by atoms with E-state index in [4.69, 9.17) is 5.11 Å². The van der Waals surface area contributed by atoms with Gasteiger partial charge in [0.05, 0.1) is 12.3 Å². The van der Waals surface area contributed by atoms with E-state index in [2.05, 4.69) is 16.6 Å². The molecule has 1 aliphatic rings. The highest BCUT2D eigenvalue weighted by molar-refractivity contribution is 7.90. The van der Waals surface area contributed by atoms with Gasteiger partial charge in [0, 0.05) is 25.1 Å². The Morgan fingerprint density at radius 1 is 1.33 bits per heavy atom. The zero-order valence-electron chi connectivity index (χ0n) is 12.1. The molecule has 0 bridgehead atoms. The Morgan fingerprint density at radius 2 is 2.05 bits per heavy atom. The van der Waals surface area contributed by atoms with Crippen LogP contribution in [0.1, 0.15) is 30.4 Å². The number of anilines is 1. The first-order valence-electron chi connectivity index (χ1n) is 7.01. The van der Waals surface area contributed by atoms with Gasteiger partial charge in [-0.05, 0) is 37.5 Å². The number of rotatable bonds is 4. The number of hydrogen-bond donors (Lipinski definition) is 2. The predicted molar refractivity (Wildman–Crippen MR) is 83.1 cm³/mol. The van der Waals surface area contributed by atoms with Crippen molar-refractivity contribution in [3.05, 3.63) is 29.3 Å². The van der Waals surface area contributed by atoms with Gasteiger partial charge < -0.3 is 5.11 Å². The van der Waals surface area contributed by atoms with E-state index in [1.54, 1.807) is 12.1 Å². The predicted octanol–water partition coefficient (Wildman–Crippen LogP) is 1.48. The van der Waals surface area contributed by atoms with Crippen LogP contribution in [0, 0.1) is 18.8 Å². The zero-order valence-corrected chi connectivity index (χ0v) is 12.9. The molecule has 0 spiro atoms. The molecule has 0 aliphatic carbocycles. The SMILES string of the molecule is Cc1ccc(NS(=O)(=O)N2CCCC2)cc1C#CCCO. The van der Waals surface area contributed by atoms with Gasteiger partial charge in [0.15, 0.2) is 0 Å². The molecular weight excluding hydrogens is 288 g/mol. The summed E-state index contributed by atoms with van der Waals surface area (Å²) in [4.78, 5) is 0. The van der Waals surface area contributed by atoms with Gasteiger partial charge in [-0.3, -0.25) is 4.72 Å². The largest absolute Gasteiger partial charge is 0.395 e. The van der Waals surface area contributed by atoms with Crippen molar-refractivity contribution in [2.45, 2.75) is 26.2 Å². The third kappa shape index (κ3) is 4.21. The monoisotopic (exact) mass is 308 g/mol. The third-order valence-electron chi connectivity index (χ3n) is 3.35. The van der Waals surface area contributed by atoms with Crippen molar-refractivity contribution in [1.29, 1.82) is 0 Å². The second-order valence-corrected chi connectivity index (χ2v) is 6.69. The summed E-state index contributed by atoms with van der Waals surface area (Å²) in [5.74, 6) is 5.80. The van der Waals surface area contributed by atoms with Crippen LogP contribution in [-0.2, 0) is 10.2 Å². The smallest absolute Gasteiger partial charge is 0.301 e. The van der Waals surface area contributed by atoms with E-state index in [1.165, 1.54) is 4.31 Å². The molecule has 0 aromatic heterocycles. The molecule has 21 heavy (non-hydrogen) atoms. The normalized spacial score (nSPS) is 15.5. The first kappa shape index (κ1) is 15.8. The lowest BCUT2D eigenvalue weighted by atomic mass is 10.1. The van der Waals surface area contributed by atoms with Gasteiger partial charge in [0.2, 0.25) is 0 Å². The van der Waals surface area contributed by atoms with E-state index in [0.717, 1.165) is 24.0 Å². The van der Waals surface area contributed by atoms with Crippen LogP contribution in [0.25, 0.3) is 0 Å². The molecule has 1 saturated heterocycles. The Morgan fingerprint density at radius 3 is 2.71 bits per heavy atom. The fraction of sp³-hybridized carbons (Fsp3) is 0.467. The summed E-state index contributed by atoms with van der Waals surface area (Å²) in [6.07, 6.45) is 2.22. The molecule has 5 nitrogen and oxygen atoms in total. The molecule has 0 unspecified atom stereocenters. The van der Waals surface area contributed by atoms with E-state index in [-0.39, 0.29) is 6.61 Å². The Hall–Kier alpha value is -1.55. The van der Waals surface area contributed by atoms with Crippen LogP contribution in [0.5, 0.6) is 0 Å². The standard InChI is InChI=1S/C15H20N2O3S/c1-13-7-8-15(12-14(13)6-2-5-11-18)16-21(19,20)17-9-3-4-10-17/h7-8,12,16,18H,3-5,9-11H2,1H3. The molecule has 114 valence electrons. The lowest BCUT2D eigenvalue weighted by Gasteiger charge is -2.17. The van der Waals surface area contributed by atoms with Gasteiger partial charge in [-0.1, -0.05) is 17.9 Å². The number of aryl methyl sites for hydroxylation is 1. The summed E-state index contributed by atoms with van der Waals surface area (Å²) < 4.78 is 28.5. The molecule has 0 amide bonds. The Balaban J connectivity index is 2.17. The van der Waals surface area contributed by atoms with Crippen LogP contribution in [0.15, 0.2) is 18.2 Å². The van der Waals surface area contributed by atoms with Gasteiger partial charge in [-0.2, -0.15) is 12.7 Å². The fourth-order valence-corrected chi connectivity index (χ4v) is 3.47. The molecule has 2 N–H and O–H groups in total. The molecule has 0 radical (unpaired) electrons. The first-order chi connectivity index (χ1) is 10.0. The maximum atomic E-state index is 12.2. The summed E-state index contributed by atoms with van der Waals surface area (Å²) in [5, 5.41) is 8.74. The van der Waals surface area contributed by atoms with Crippen LogP contribution in [-0.4, -0.2) is 37.5 Å². The topological polar surface area (TPSA) is 69.6 Å². The summed E-state index contributed by atoms with van der Waals surface area (Å²) >= 11 is 0. The van der Waals surface area contributed by atoms with Gasteiger partial charge in [-0.15, -0.1) is 0 Å². The van der Waals surface area contributed by atoms with E-state index in [1.807, 2.05) is 13.0 Å². The van der Waals surface area contributed by atoms with Crippen molar-refractivity contribution in [1.82, 2.24) is 4.31 Å². The van der Waals surface area contributed by atoms with Crippen molar-refractivity contribution >= 4 is 15.9 Å². The minimum Gasteiger partial charge on any atom is -0.395 e. The molecule has 1 heterocycles. The lowest BCUT2D eigenvalue weighted by Crippen LogP contribution is -2.33. The minimum atomic E-state index is -3.47. The van der Waals surface area contributed by atoms with E-state index in [9.17, 15) is 8.42 Å². The maximum Gasteiger partial charge on any atom is 0.301 e. The number of nitrogens with zero attached hydrogens (tertiary/aromatic N) is 1. The molecular formula is C15H20N2O3S. The number of hydrogen-bond acceptors (Lipinski definition) is 3. The highest BCUT2D eigenvalue weighted by Gasteiger charge is 2.25. The minimum absolute atomic E-state index is 0.0212. The second-order valence-electron chi connectivity index (χ2n) is 5.02. The molecule has 1 aromatic rings. The average Bonchev–Trinajstić information content (AvgIpc) is 2.97. The fourth-order valence-electron chi connectivity index (χ4n) is 2.18. The average molecular weight is 308 g/mol. The van der Waals surface area contributed by atoms with Crippen LogP contribution < -0.4 is 4.72 Å². The highest BCUT2D eigenvalue weighted by Crippen LogP contribution is 2.19. The quantitative estimate of drug-likeness (QED) is 0.828. The number of nitrogens with one attached hydrogen (secondary N) is 1. The lowest BCUT2D eigenvalue weighted by molar-refractivity contribution is 0.305. The zero-order chi connectivity index (χ0) is 15.3. The highest BCUT2D eigenvalue weighted by atomic mass is 32.2. The van der Waals surface area contributed by atoms with Crippen LogP contribution in [0.4, 0.5) is 5.69 Å². The first-order valence-corrected chi connectivity index (χ1v) is 8.45. The number of aliphatic hydroxyl groups is 1. The van der Waals surface area contributed by atoms with Crippen molar-refractivity contribution in [2.75, 3.05) is 24.4 Å². The van der Waals surface area contributed by atoms with E-state index in [0.29, 0.717) is 25.2 Å². The molecule has 2 rings (SSSR count). The third-order valence-corrected chi connectivity index (χ3v) is 4.89.